The fourth-order valence-corrected chi connectivity index (χ4v) is 3.56. The molecule has 1 aromatic carbocycles. The smallest absolute Gasteiger partial charge is 0.238 e. The van der Waals surface area contributed by atoms with Gasteiger partial charge in [-0.15, -0.1) is 12.4 Å². The minimum absolute atomic E-state index is 0. The first kappa shape index (κ1) is 17.5. The van der Waals surface area contributed by atoms with Crippen LogP contribution in [0.5, 0.6) is 0 Å². The molecule has 1 amide bonds. The molecule has 0 aliphatic carbocycles. The molecule has 2 atom stereocenters. The third kappa shape index (κ3) is 4.35. The molecule has 4 nitrogen and oxygen atoms in total. The van der Waals surface area contributed by atoms with E-state index in [-0.39, 0.29) is 18.3 Å². The number of nitrogens with zero attached hydrogens (tertiary/aromatic N) is 1. The van der Waals surface area contributed by atoms with Gasteiger partial charge in [0.15, 0.2) is 0 Å². The second kappa shape index (κ2) is 7.64. The van der Waals surface area contributed by atoms with Gasteiger partial charge < -0.3 is 10.6 Å². The topological polar surface area (TPSA) is 44.4 Å². The van der Waals surface area contributed by atoms with E-state index in [0.29, 0.717) is 29.3 Å². The van der Waals surface area contributed by atoms with E-state index in [2.05, 4.69) is 15.5 Å². The van der Waals surface area contributed by atoms with Crippen LogP contribution < -0.4 is 10.6 Å². The van der Waals surface area contributed by atoms with Crippen LogP contribution in [0.4, 0.5) is 5.69 Å². The standard InChI is InChI=1S/C16H22ClN3O.ClH/c1-11-2-5-15(14(17)8-11)19-16(21)10-20-7-6-12-3-4-13(9-20)18-12;/h2,5,8,12-13,18H,3-4,6-7,9-10H2,1H3,(H,19,21);1H. The molecule has 2 saturated heterocycles. The summed E-state index contributed by atoms with van der Waals surface area (Å²) in [5, 5.41) is 7.14. The molecule has 122 valence electrons. The number of halogens is 2. The molecule has 2 bridgehead atoms. The van der Waals surface area contributed by atoms with Gasteiger partial charge in [-0.3, -0.25) is 9.69 Å². The lowest BCUT2D eigenvalue weighted by Gasteiger charge is -2.23. The Morgan fingerprint density at radius 1 is 1.36 bits per heavy atom. The zero-order valence-corrected chi connectivity index (χ0v) is 14.3. The van der Waals surface area contributed by atoms with Gasteiger partial charge in [-0.25, -0.2) is 0 Å². The first-order valence-corrected chi connectivity index (χ1v) is 8.02. The van der Waals surface area contributed by atoms with Crippen LogP contribution in [0.15, 0.2) is 18.2 Å². The quantitative estimate of drug-likeness (QED) is 0.886. The SMILES string of the molecule is Cc1ccc(NC(=O)CN2CCC3CCC(C2)N3)c(Cl)c1.Cl. The maximum Gasteiger partial charge on any atom is 0.238 e. The number of aryl methyl sites for hydroxylation is 1. The van der Waals surface area contributed by atoms with Gasteiger partial charge in [0.05, 0.1) is 17.3 Å². The highest BCUT2D eigenvalue weighted by Crippen LogP contribution is 2.23. The van der Waals surface area contributed by atoms with Crippen molar-refractivity contribution in [2.24, 2.45) is 0 Å². The highest BCUT2D eigenvalue weighted by Gasteiger charge is 2.29. The van der Waals surface area contributed by atoms with Crippen molar-refractivity contribution in [2.45, 2.75) is 38.3 Å². The van der Waals surface area contributed by atoms with Crippen LogP contribution in [-0.2, 0) is 4.79 Å². The van der Waals surface area contributed by atoms with Gasteiger partial charge in [-0.1, -0.05) is 17.7 Å². The molecule has 0 spiro atoms. The molecule has 2 heterocycles. The van der Waals surface area contributed by atoms with E-state index in [1.54, 1.807) is 0 Å². The first-order valence-electron chi connectivity index (χ1n) is 7.64. The van der Waals surface area contributed by atoms with Gasteiger partial charge in [-0.2, -0.15) is 0 Å². The Bertz CT molecular complexity index is 538. The van der Waals surface area contributed by atoms with Crippen molar-refractivity contribution < 1.29 is 4.79 Å². The number of rotatable bonds is 3. The van der Waals surface area contributed by atoms with E-state index in [4.69, 9.17) is 11.6 Å². The second-order valence-corrected chi connectivity index (χ2v) is 6.60. The van der Waals surface area contributed by atoms with Crippen LogP contribution >= 0.6 is 24.0 Å². The summed E-state index contributed by atoms with van der Waals surface area (Å²) in [4.78, 5) is 14.4. The number of hydrogen-bond acceptors (Lipinski definition) is 3. The Morgan fingerprint density at radius 3 is 2.91 bits per heavy atom. The molecule has 1 aromatic rings. The van der Waals surface area contributed by atoms with Crippen LogP contribution in [0.1, 0.15) is 24.8 Å². The fraction of sp³-hybridized carbons (Fsp3) is 0.562. The average molecular weight is 344 g/mol. The Morgan fingerprint density at radius 2 is 2.14 bits per heavy atom. The molecule has 0 saturated carbocycles. The number of hydrogen-bond donors (Lipinski definition) is 2. The van der Waals surface area contributed by atoms with Crippen molar-refractivity contribution in [2.75, 3.05) is 25.0 Å². The van der Waals surface area contributed by atoms with Crippen LogP contribution in [0, 0.1) is 6.92 Å². The summed E-state index contributed by atoms with van der Waals surface area (Å²) in [6, 6.07) is 6.88. The molecule has 3 rings (SSSR count). The number of anilines is 1. The van der Waals surface area contributed by atoms with Crippen molar-refractivity contribution in [3.63, 3.8) is 0 Å². The monoisotopic (exact) mass is 343 g/mol. The molecule has 2 aliphatic heterocycles. The Hall–Kier alpha value is -0.810. The number of carbonyl (C=O) groups excluding carboxylic acids is 1. The van der Waals surface area contributed by atoms with Gasteiger partial charge in [0, 0.05) is 25.2 Å². The van der Waals surface area contributed by atoms with E-state index in [1.165, 1.54) is 12.8 Å². The third-order valence-electron chi connectivity index (χ3n) is 4.37. The number of benzene rings is 1. The van der Waals surface area contributed by atoms with Crippen molar-refractivity contribution in [1.29, 1.82) is 0 Å². The molecular formula is C16H23Cl2N3O. The van der Waals surface area contributed by atoms with Crippen LogP contribution in [0.25, 0.3) is 0 Å². The summed E-state index contributed by atoms with van der Waals surface area (Å²) in [6.45, 7) is 4.38. The van der Waals surface area contributed by atoms with E-state index in [1.807, 2.05) is 25.1 Å². The highest BCUT2D eigenvalue weighted by atomic mass is 35.5. The maximum atomic E-state index is 12.2. The summed E-state index contributed by atoms with van der Waals surface area (Å²) < 4.78 is 0. The maximum absolute atomic E-state index is 12.2. The minimum atomic E-state index is 0. The molecule has 22 heavy (non-hydrogen) atoms. The molecule has 0 radical (unpaired) electrons. The van der Waals surface area contributed by atoms with Crippen molar-refractivity contribution >= 4 is 35.6 Å². The summed E-state index contributed by atoms with van der Waals surface area (Å²) in [7, 11) is 0. The van der Waals surface area contributed by atoms with E-state index >= 15 is 0 Å². The fourth-order valence-electron chi connectivity index (χ4n) is 3.27. The molecule has 2 N–H and O–H groups in total. The molecule has 2 aliphatic rings. The van der Waals surface area contributed by atoms with E-state index in [9.17, 15) is 4.79 Å². The second-order valence-electron chi connectivity index (χ2n) is 6.19. The van der Waals surface area contributed by atoms with E-state index < -0.39 is 0 Å². The van der Waals surface area contributed by atoms with Crippen molar-refractivity contribution in [3.05, 3.63) is 28.8 Å². The largest absolute Gasteiger partial charge is 0.324 e. The van der Waals surface area contributed by atoms with Crippen LogP contribution in [0.3, 0.4) is 0 Å². The molecule has 2 unspecified atom stereocenters. The molecule has 6 heteroatoms. The number of likely N-dealkylation sites (tertiary alicyclic amines) is 1. The number of nitrogens with one attached hydrogen (secondary N) is 2. The summed E-state index contributed by atoms with van der Waals surface area (Å²) >= 11 is 6.16. The first-order chi connectivity index (χ1) is 10.1. The van der Waals surface area contributed by atoms with Crippen molar-refractivity contribution in [3.8, 4) is 0 Å². The van der Waals surface area contributed by atoms with Gasteiger partial charge in [0.25, 0.3) is 0 Å². The number of amides is 1. The van der Waals surface area contributed by atoms with E-state index in [0.717, 1.165) is 25.1 Å². The van der Waals surface area contributed by atoms with Crippen LogP contribution in [-0.4, -0.2) is 42.5 Å². The average Bonchev–Trinajstić information content (AvgIpc) is 2.76. The Balaban J connectivity index is 0.00000176. The third-order valence-corrected chi connectivity index (χ3v) is 4.69. The van der Waals surface area contributed by atoms with Crippen LogP contribution in [0.2, 0.25) is 5.02 Å². The lowest BCUT2D eigenvalue weighted by atomic mass is 10.1. The number of carbonyl (C=O) groups is 1. The lowest BCUT2D eigenvalue weighted by molar-refractivity contribution is -0.117. The summed E-state index contributed by atoms with van der Waals surface area (Å²) in [5.41, 5.74) is 1.79. The molecular weight excluding hydrogens is 321 g/mol. The normalized spacial score (nSPS) is 24.5. The van der Waals surface area contributed by atoms with Gasteiger partial charge in [-0.05, 0) is 43.9 Å². The van der Waals surface area contributed by atoms with Gasteiger partial charge >= 0.3 is 0 Å². The molecule has 0 aromatic heterocycles. The predicted molar refractivity (Wildman–Crippen MR) is 93.1 cm³/mol. The number of fused-ring (bicyclic) bond motifs is 2. The van der Waals surface area contributed by atoms with Crippen molar-refractivity contribution in [1.82, 2.24) is 10.2 Å². The minimum Gasteiger partial charge on any atom is -0.324 e. The van der Waals surface area contributed by atoms with Gasteiger partial charge in [0.2, 0.25) is 5.91 Å². The molecule has 2 fully saturated rings. The summed E-state index contributed by atoms with van der Waals surface area (Å²) in [5.74, 6) is 0.0125. The summed E-state index contributed by atoms with van der Waals surface area (Å²) in [6.07, 6.45) is 3.64. The Labute approximate surface area is 143 Å². The van der Waals surface area contributed by atoms with Gasteiger partial charge in [0.1, 0.15) is 0 Å². The Kier molecular flexibility index (Phi) is 6.09. The zero-order valence-electron chi connectivity index (χ0n) is 12.8. The predicted octanol–water partition coefficient (Wildman–Crippen LogP) is 2.84. The lowest BCUT2D eigenvalue weighted by Crippen LogP contribution is -2.39. The zero-order chi connectivity index (χ0) is 14.8. The highest BCUT2D eigenvalue weighted by molar-refractivity contribution is 6.33.